The van der Waals surface area contributed by atoms with Crippen LogP contribution in [-0.2, 0) is 0 Å². The van der Waals surface area contributed by atoms with E-state index in [1.54, 1.807) is 0 Å². The monoisotopic (exact) mass is 324 g/mol. The Hall–Kier alpha value is -1.03. The van der Waals surface area contributed by atoms with Crippen LogP contribution in [0.3, 0.4) is 0 Å². The number of anilines is 1. The predicted octanol–water partition coefficient (Wildman–Crippen LogP) is 4.21. The molecule has 2 nitrogen and oxygen atoms in total. The number of benzene rings is 2. The van der Waals surface area contributed by atoms with Crippen LogP contribution in [0.1, 0.15) is 11.6 Å². The van der Waals surface area contributed by atoms with Gasteiger partial charge in [0.25, 0.3) is 0 Å². The molecule has 0 spiro atoms. The van der Waals surface area contributed by atoms with Crippen molar-refractivity contribution in [3.63, 3.8) is 0 Å². The molecular formula is C14H14BrClN2. The highest BCUT2D eigenvalue weighted by molar-refractivity contribution is 9.10. The Morgan fingerprint density at radius 3 is 2.61 bits per heavy atom. The number of rotatable bonds is 4. The maximum Gasteiger partial charge on any atom is 0.0650 e. The van der Waals surface area contributed by atoms with Crippen molar-refractivity contribution in [2.24, 2.45) is 5.73 Å². The molecule has 0 aliphatic heterocycles. The van der Waals surface area contributed by atoms with E-state index in [1.165, 1.54) is 0 Å². The number of halogens is 2. The van der Waals surface area contributed by atoms with Crippen LogP contribution in [0.5, 0.6) is 0 Å². The van der Waals surface area contributed by atoms with Crippen LogP contribution >= 0.6 is 27.5 Å². The second-order valence-corrected chi connectivity index (χ2v) is 5.29. The first kappa shape index (κ1) is 13.4. The molecule has 0 aromatic heterocycles. The molecule has 4 heteroatoms. The van der Waals surface area contributed by atoms with Crippen LogP contribution in [0.4, 0.5) is 5.69 Å². The zero-order valence-electron chi connectivity index (χ0n) is 9.74. The van der Waals surface area contributed by atoms with Gasteiger partial charge < -0.3 is 11.1 Å². The van der Waals surface area contributed by atoms with E-state index in [0.29, 0.717) is 6.54 Å². The first-order valence-electron chi connectivity index (χ1n) is 5.67. The Balaban J connectivity index is 2.23. The third-order valence-corrected chi connectivity index (χ3v) is 3.52. The molecule has 1 unspecified atom stereocenters. The molecule has 1 atom stereocenters. The summed E-state index contributed by atoms with van der Waals surface area (Å²) in [5.41, 5.74) is 7.86. The fraction of sp³-hybridized carbons (Fsp3) is 0.143. The summed E-state index contributed by atoms with van der Waals surface area (Å²) in [5, 5.41) is 4.12. The van der Waals surface area contributed by atoms with E-state index in [0.717, 1.165) is 20.7 Å². The molecule has 0 amide bonds. The molecule has 0 radical (unpaired) electrons. The van der Waals surface area contributed by atoms with E-state index in [1.807, 2.05) is 48.5 Å². The van der Waals surface area contributed by atoms with Crippen LogP contribution in [0.2, 0.25) is 5.02 Å². The summed E-state index contributed by atoms with van der Waals surface area (Å²) in [6.07, 6.45) is 0. The van der Waals surface area contributed by atoms with Gasteiger partial charge in [-0.2, -0.15) is 0 Å². The Bertz CT molecular complexity index is 531. The van der Waals surface area contributed by atoms with Crippen LogP contribution < -0.4 is 11.1 Å². The van der Waals surface area contributed by atoms with Gasteiger partial charge in [-0.25, -0.2) is 0 Å². The van der Waals surface area contributed by atoms with Gasteiger partial charge in [0.15, 0.2) is 0 Å². The highest BCUT2D eigenvalue weighted by Gasteiger charge is 2.12. The summed E-state index contributed by atoms with van der Waals surface area (Å²) in [7, 11) is 0. The molecule has 2 rings (SSSR count). The molecule has 0 aliphatic carbocycles. The number of nitrogens with two attached hydrogens (primary N) is 1. The number of hydrogen-bond donors (Lipinski definition) is 2. The summed E-state index contributed by atoms with van der Waals surface area (Å²) < 4.78 is 1.03. The largest absolute Gasteiger partial charge is 0.377 e. The second kappa shape index (κ2) is 6.23. The van der Waals surface area contributed by atoms with Gasteiger partial charge in [-0.3, -0.25) is 0 Å². The normalized spacial score (nSPS) is 12.2. The Kier molecular flexibility index (Phi) is 4.64. The van der Waals surface area contributed by atoms with E-state index in [4.69, 9.17) is 17.3 Å². The van der Waals surface area contributed by atoms with Gasteiger partial charge in [0, 0.05) is 21.7 Å². The molecule has 0 bridgehead atoms. The smallest absolute Gasteiger partial charge is 0.0650 e. The van der Waals surface area contributed by atoms with Crippen LogP contribution in [0, 0.1) is 0 Å². The minimum absolute atomic E-state index is 0.00741. The van der Waals surface area contributed by atoms with Gasteiger partial charge in [-0.05, 0) is 29.8 Å². The summed E-state index contributed by atoms with van der Waals surface area (Å²) in [5.74, 6) is 0. The zero-order chi connectivity index (χ0) is 13.0. The Labute approximate surface area is 120 Å². The van der Waals surface area contributed by atoms with Gasteiger partial charge in [0.05, 0.1) is 6.04 Å². The summed E-state index contributed by atoms with van der Waals surface area (Å²) in [6.45, 7) is 0.482. The average molecular weight is 326 g/mol. The highest BCUT2D eigenvalue weighted by atomic mass is 79.9. The van der Waals surface area contributed by atoms with E-state index < -0.39 is 0 Å². The maximum atomic E-state index is 6.19. The molecule has 0 heterocycles. The number of hydrogen-bond acceptors (Lipinski definition) is 2. The molecule has 0 saturated heterocycles. The van der Waals surface area contributed by atoms with Crippen molar-refractivity contribution >= 4 is 33.2 Å². The van der Waals surface area contributed by atoms with Crippen molar-refractivity contribution < 1.29 is 0 Å². The van der Waals surface area contributed by atoms with Gasteiger partial charge in [0.2, 0.25) is 0 Å². The zero-order valence-corrected chi connectivity index (χ0v) is 12.1. The SMILES string of the molecule is NCC(Nc1cccc(Br)c1)c1ccccc1Cl. The van der Waals surface area contributed by atoms with Crippen LogP contribution in [0.25, 0.3) is 0 Å². The summed E-state index contributed by atoms with van der Waals surface area (Å²) in [4.78, 5) is 0. The molecule has 18 heavy (non-hydrogen) atoms. The molecule has 2 aromatic rings. The summed E-state index contributed by atoms with van der Waals surface area (Å²) >= 11 is 9.64. The van der Waals surface area contributed by atoms with Gasteiger partial charge >= 0.3 is 0 Å². The fourth-order valence-electron chi connectivity index (χ4n) is 1.80. The summed E-state index contributed by atoms with van der Waals surface area (Å²) in [6, 6.07) is 15.7. The lowest BCUT2D eigenvalue weighted by Crippen LogP contribution is -2.20. The molecule has 0 aliphatic rings. The molecule has 2 aromatic carbocycles. The molecular weight excluding hydrogens is 312 g/mol. The second-order valence-electron chi connectivity index (χ2n) is 3.96. The first-order valence-corrected chi connectivity index (χ1v) is 6.84. The number of nitrogens with one attached hydrogen (secondary N) is 1. The fourth-order valence-corrected chi connectivity index (χ4v) is 2.47. The van der Waals surface area contributed by atoms with Crippen LogP contribution in [0.15, 0.2) is 53.0 Å². The van der Waals surface area contributed by atoms with Crippen molar-refractivity contribution in [1.29, 1.82) is 0 Å². The lowest BCUT2D eigenvalue weighted by atomic mass is 10.1. The van der Waals surface area contributed by atoms with E-state index in [2.05, 4.69) is 21.2 Å². The van der Waals surface area contributed by atoms with Crippen molar-refractivity contribution in [1.82, 2.24) is 0 Å². The van der Waals surface area contributed by atoms with Crippen molar-refractivity contribution in [2.45, 2.75) is 6.04 Å². The van der Waals surface area contributed by atoms with Gasteiger partial charge in [-0.15, -0.1) is 0 Å². The molecule has 0 saturated carbocycles. The molecule has 0 fully saturated rings. The first-order chi connectivity index (χ1) is 8.70. The van der Waals surface area contributed by atoms with Gasteiger partial charge in [0.1, 0.15) is 0 Å². The minimum atomic E-state index is 0.00741. The molecule has 94 valence electrons. The maximum absolute atomic E-state index is 6.19. The van der Waals surface area contributed by atoms with Crippen molar-refractivity contribution in [2.75, 3.05) is 11.9 Å². The van der Waals surface area contributed by atoms with Crippen molar-refractivity contribution in [3.8, 4) is 0 Å². The lowest BCUT2D eigenvalue weighted by molar-refractivity contribution is 0.790. The third kappa shape index (κ3) is 3.25. The quantitative estimate of drug-likeness (QED) is 0.883. The average Bonchev–Trinajstić information content (AvgIpc) is 2.37. The topological polar surface area (TPSA) is 38.0 Å². The minimum Gasteiger partial charge on any atom is -0.377 e. The van der Waals surface area contributed by atoms with Gasteiger partial charge in [-0.1, -0.05) is 51.8 Å². The Morgan fingerprint density at radius 1 is 1.17 bits per heavy atom. The predicted molar refractivity (Wildman–Crippen MR) is 81.0 cm³/mol. The van der Waals surface area contributed by atoms with E-state index in [-0.39, 0.29) is 6.04 Å². The standard InChI is InChI=1S/C14H14BrClN2/c15-10-4-3-5-11(8-10)18-14(9-17)12-6-1-2-7-13(12)16/h1-8,14,18H,9,17H2. The van der Waals surface area contributed by atoms with E-state index in [9.17, 15) is 0 Å². The Morgan fingerprint density at radius 2 is 1.94 bits per heavy atom. The van der Waals surface area contributed by atoms with Crippen LogP contribution in [-0.4, -0.2) is 6.54 Å². The van der Waals surface area contributed by atoms with E-state index >= 15 is 0 Å². The lowest BCUT2D eigenvalue weighted by Gasteiger charge is -2.19. The highest BCUT2D eigenvalue weighted by Crippen LogP contribution is 2.26. The molecule has 3 N–H and O–H groups in total. The van der Waals surface area contributed by atoms with Crippen molar-refractivity contribution in [3.05, 3.63) is 63.6 Å². The third-order valence-electron chi connectivity index (χ3n) is 2.68.